The van der Waals surface area contributed by atoms with Gasteiger partial charge in [-0.1, -0.05) is 6.07 Å². The SMILES string of the molecule is Cc1cc(C)c(-c2nccc(C)c2N)c(F)c1. The van der Waals surface area contributed by atoms with E-state index in [0.717, 1.165) is 16.7 Å². The van der Waals surface area contributed by atoms with Crippen LogP contribution in [0, 0.1) is 26.6 Å². The topological polar surface area (TPSA) is 38.9 Å². The van der Waals surface area contributed by atoms with Crippen molar-refractivity contribution in [1.82, 2.24) is 4.98 Å². The Labute approximate surface area is 100 Å². The number of hydrogen-bond acceptors (Lipinski definition) is 2. The molecule has 1 heterocycles. The minimum absolute atomic E-state index is 0.271. The summed E-state index contributed by atoms with van der Waals surface area (Å²) in [4.78, 5) is 4.20. The van der Waals surface area contributed by atoms with E-state index >= 15 is 0 Å². The molecule has 0 amide bonds. The molecule has 1 aromatic heterocycles. The normalized spacial score (nSPS) is 10.6. The molecule has 0 aliphatic heterocycles. The van der Waals surface area contributed by atoms with Gasteiger partial charge in [0.15, 0.2) is 0 Å². The number of hydrogen-bond donors (Lipinski definition) is 1. The zero-order chi connectivity index (χ0) is 12.6. The Morgan fingerprint density at radius 2 is 1.82 bits per heavy atom. The summed E-state index contributed by atoms with van der Waals surface area (Å²) in [6.07, 6.45) is 1.65. The lowest BCUT2D eigenvalue weighted by Gasteiger charge is -2.11. The summed E-state index contributed by atoms with van der Waals surface area (Å²) < 4.78 is 14.0. The maximum atomic E-state index is 14.0. The zero-order valence-electron chi connectivity index (χ0n) is 10.2. The lowest BCUT2D eigenvalue weighted by atomic mass is 9.99. The van der Waals surface area contributed by atoms with Crippen LogP contribution in [0.1, 0.15) is 16.7 Å². The second-order valence-electron chi connectivity index (χ2n) is 4.33. The minimum atomic E-state index is -0.271. The van der Waals surface area contributed by atoms with Gasteiger partial charge in [-0.25, -0.2) is 4.39 Å². The van der Waals surface area contributed by atoms with Gasteiger partial charge in [-0.05, 0) is 49.6 Å². The molecule has 2 N–H and O–H groups in total. The largest absolute Gasteiger partial charge is 0.397 e. The Balaban J connectivity index is 2.73. The predicted octanol–water partition coefficient (Wildman–Crippen LogP) is 3.40. The fourth-order valence-corrected chi connectivity index (χ4v) is 1.98. The van der Waals surface area contributed by atoms with E-state index in [-0.39, 0.29) is 5.82 Å². The molecule has 0 spiro atoms. The number of pyridine rings is 1. The molecule has 2 aromatic rings. The first-order valence-electron chi connectivity index (χ1n) is 5.49. The highest BCUT2D eigenvalue weighted by Gasteiger charge is 2.14. The van der Waals surface area contributed by atoms with Crippen LogP contribution in [0.4, 0.5) is 10.1 Å². The fourth-order valence-electron chi connectivity index (χ4n) is 1.98. The van der Waals surface area contributed by atoms with Crippen molar-refractivity contribution in [3.8, 4) is 11.3 Å². The van der Waals surface area contributed by atoms with Crippen LogP contribution >= 0.6 is 0 Å². The van der Waals surface area contributed by atoms with Crippen molar-refractivity contribution in [2.75, 3.05) is 5.73 Å². The van der Waals surface area contributed by atoms with Crippen molar-refractivity contribution in [3.05, 3.63) is 46.9 Å². The lowest BCUT2D eigenvalue weighted by molar-refractivity contribution is 0.628. The van der Waals surface area contributed by atoms with E-state index in [1.807, 2.05) is 32.9 Å². The summed E-state index contributed by atoms with van der Waals surface area (Å²) in [6, 6.07) is 5.26. The van der Waals surface area contributed by atoms with Gasteiger partial charge in [-0.15, -0.1) is 0 Å². The van der Waals surface area contributed by atoms with Crippen molar-refractivity contribution in [2.45, 2.75) is 20.8 Å². The van der Waals surface area contributed by atoms with Crippen LogP contribution in [-0.4, -0.2) is 4.98 Å². The standard InChI is InChI=1S/C14H15FN2/c1-8-6-10(3)12(11(15)7-8)14-13(16)9(2)4-5-17-14/h4-7H,16H2,1-3H3. The van der Waals surface area contributed by atoms with Crippen LogP contribution in [0.5, 0.6) is 0 Å². The summed E-state index contributed by atoms with van der Waals surface area (Å²) in [5, 5.41) is 0. The smallest absolute Gasteiger partial charge is 0.133 e. The Hall–Kier alpha value is -1.90. The third kappa shape index (κ3) is 2.00. The number of aryl methyl sites for hydroxylation is 3. The van der Waals surface area contributed by atoms with Crippen LogP contribution in [0.25, 0.3) is 11.3 Å². The molecule has 2 rings (SSSR count). The molecular formula is C14H15FN2. The quantitative estimate of drug-likeness (QED) is 0.815. The first-order chi connectivity index (χ1) is 8.00. The summed E-state index contributed by atoms with van der Waals surface area (Å²) in [5.74, 6) is -0.271. The average molecular weight is 230 g/mol. The number of nitrogens with two attached hydrogens (primary N) is 1. The van der Waals surface area contributed by atoms with Crippen LogP contribution in [-0.2, 0) is 0 Å². The van der Waals surface area contributed by atoms with E-state index in [1.54, 1.807) is 6.20 Å². The summed E-state index contributed by atoms with van der Waals surface area (Å²) in [6.45, 7) is 5.63. The molecule has 17 heavy (non-hydrogen) atoms. The molecule has 0 saturated carbocycles. The molecule has 0 unspecified atom stereocenters. The van der Waals surface area contributed by atoms with Crippen LogP contribution in [0.15, 0.2) is 24.4 Å². The highest BCUT2D eigenvalue weighted by Crippen LogP contribution is 2.31. The number of aromatic nitrogens is 1. The van der Waals surface area contributed by atoms with E-state index in [2.05, 4.69) is 4.98 Å². The summed E-state index contributed by atoms with van der Waals surface area (Å²) in [7, 11) is 0. The molecule has 88 valence electrons. The Kier molecular flexibility index (Phi) is 2.84. The Morgan fingerprint density at radius 3 is 2.47 bits per heavy atom. The van der Waals surface area contributed by atoms with Gasteiger partial charge >= 0.3 is 0 Å². The van der Waals surface area contributed by atoms with Crippen molar-refractivity contribution >= 4 is 5.69 Å². The molecular weight excluding hydrogens is 215 g/mol. The van der Waals surface area contributed by atoms with Crippen LogP contribution in [0.3, 0.4) is 0 Å². The number of anilines is 1. The van der Waals surface area contributed by atoms with E-state index in [9.17, 15) is 4.39 Å². The Morgan fingerprint density at radius 1 is 1.12 bits per heavy atom. The zero-order valence-corrected chi connectivity index (χ0v) is 10.2. The number of benzene rings is 1. The van der Waals surface area contributed by atoms with Crippen LogP contribution in [0.2, 0.25) is 0 Å². The number of nitrogens with zero attached hydrogens (tertiary/aromatic N) is 1. The fraction of sp³-hybridized carbons (Fsp3) is 0.214. The lowest BCUT2D eigenvalue weighted by Crippen LogP contribution is -2.00. The molecule has 1 aromatic carbocycles. The third-order valence-electron chi connectivity index (χ3n) is 2.88. The van der Waals surface area contributed by atoms with E-state index in [4.69, 9.17) is 5.73 Å². The minimum Gasteiger partial charge on any atom is -0.397 e. The van der Waals surface area contributed by atoms with E-state index in [1.165, 1.54) is 6.07 Å². The summed E-state index contributed by atoms with van der Waals surface area (Å²) >= 11 is 0. The van der Waals surface area contributed by atoms with E-state index in [0.29, 0.717) is 16.9 Å². The highest BCUT2D eigenvalue weighted by atomic mass is 19.1. The molecule has 0 radical (unpaired) electrons. The molecule has 0 saturated heterocycles. The van der Waals surface area contributed by atoms with Gasteiger partial charge in [0.1, 0.15) is 5.82 Å². The van der Waals surface area contributed by atoms with Gasteiger partial charge in [0.05, 0.1) is 11.4 Å². The number of nitrogen functional groups attached to an aromatic ring is 1. The van der Waals surface area contributed by atoms with Gasteiger partial charge in [0.25, 0.3) is 0 Å². The maximum Gasteiger partial charge on any atom is 0.133 e. The summed E-state index contributed by atoms with van der Waals surface area (Å²) in [5.41, 5.74) is 10.2. The van der Waals surface area contributed by atoms with Crippen molar-refractivity contribution < 1.29 is 4.39 Å². The van der Waals surface area contributed by atoms with Gasteiger partial charge in [0.2, 0.25) is 0 Å². The van der Waals surface area contributed by atoms with Gasteiger partial charge in [-0.3, -0.25) is 4.98 Å². The molecule has 2 nitrogen and oxygen atoms in total. The molecule has 3 heteroatoms. The van der Waals surface area contributed by atoms with Crippen molar-refractivity contribution in [1.29, 1.82) is 0 Å². The monoisotopic (exact) mass is 230 g/mol. The molecule has 0 aliphatic rings. The highest BCUT2D eigenvalue weighted by molar-refractivity contribution is 5.77. The predicted molar refractivity (Wildman–Crippen MR) is 68.3 cm³/mol. The van der Waals surface area contributed by atoms with Crippen molar-refractivity contribution in [2.24, 2.45) is 0 Å². The number of rotatable bonds is 1. The molecule has 0 bridgehead atoms. The van der Waals surface area contributed by atoms with Gasteiger partial charge in [-0.2, -0.15) is 0 Å². The second-order valence-corrected chi connectivity index (χ2v) is 4.33. The van der Waals surface area contributed by atoms with Gasteiger partial charge < -0.3 is 5.73 Å². The molecule has 0 atom stereocenters. The average Bonchev–Trinajstić information content (AvgIpc) is 2.23. The Bertz CT molecular complexity index is 553. The third-order valence-corrected chi connectivity index (χ3v) is 2.88. The number of halogens is 1. The van der Waals surface area contributed by atoms with Gasteiger partial charge in [0, 0.05) is 11.8 Å². The molecule has 0 fully saturated rings. The van der Waals surface area contributed by atoms with E-state index < -0.39 is 0 Å². The maximum absolute atomic E-state index is 14.0. The molecule has 0 aliphatic carbocycles. The van der Waals surface area contributed by atoms with Crippen LogP contribution < -0.4 is 5.73 Å². The first kappa shape index (κ1) is 11.6. The van der Waals surface area contributed by atoms with Crippen molar-refractivity contribution in [3.63, 3.8) is 0 Å². The second kappa shape index (κ2) is 4.17. The first-order valence-corrected chi connectivity index (χ1v) is 5.49.